The van der Waals surface area contributed by atoms with Gasteiger partial charge in [0.25, 0.3) is 0 Å². The summed E-state index contributed by atoms with van der Waals surface area (Å²) >= 11 is 5.72. The van der Waals surface area contributed by atoms with Gasteiger partial charge < -0.3 is 10.6 Å². The van der Waals surface area contributed by atoms with Gasteiger partial charge in [-0.2, -0.15) is 0 Å². The molecule has 168 valence electrons. The van der Waals surface area contributed by atoms with Crippen LogP contribution < -0.4 is 10.6 Å². The second kappa shape index (κ2) is 9.65. The molecule has 1 aliphatic rings. The molecule has 0 fully saturated rings. The molecule has 0 aromatic heterocycles. The molecule has 0 bridgehead atoms. The third kappa shape index (κ3) is 5.44. The number of ketones is 1. The highest BCUT2D eigenvalue weighted by Crippen LogP contribution is 2.33. The van der Waals surface area contributed by atoms with E-state index >= 15 is 0 Å². The highest BCUT2D eigenvalue weighted by molar-refractivity contribution is 7.91. The Labute approximate surface area is 191 Å². The molecule has 0 saturated heterocycles. The molecule has 1 heterocycles. The Morgan fingerprint density at radius 2 is 1.94 bits per heavy atom. The van der Waals surface area contributed by atoms with Crippen LogP contribution in [0.3, 0.4) is 0 Å². The van der Waals surface area contributed by atoms with Crippen molar-refractivity contribution in [1.82, 2.24) is 0 Å². The van der Waals surface area contributed by atoms with Gasteiger partial charge >= 0.3 is 0 Å². The Bertz CT molecular complexity index is 1120. The number of fused-ring (bicyclic) bond motifs is 1. The highest BCUT2D eigenvalue weighted by Gasteiger charge is 2.36. The molecule has 0 spiro atoms. The molecule has 6 nitrogen and oxygen atoms in total. The minimum atomic E-state index is -3.86. The summed E-state index contributed by atoms with van der Waals surface area (Å²) in [6.07, 6.45) is 0.279. The number of carbonyl (C=O) groups is 2. The van der Waals surface area contributed by atoms with Gasteiger partial charge in [0.05, 0.1) is 33.9 Å². The lowest BCUT2D eigenvalue weighted by Crippen LogP contribution is -2.45. The SMILES string of the molecule is CC(C)CC(=O)c1ccc2c(c1)N(Cc1ccc(Cl)c(F)c1)C(=O)[C@@H](N)CS2(=O)=O.Cl. The molecule has 2 N–H and O–H groups in total. The summed E-state index contributed by atoms with van der Waals surface area (Å²) in [7, 11) is -3.86. The molecule has 0 unspecified atom stereocenters. The second-order valence-corrected chi connectivity index (χ2v) is 10.2. The molecule has 1 amide bonds. The van der Waals surface area contributed by atoms with E-state index in [9.17, 15) is 22.4 Å². The first-order valence-corrected chi connectivity index (χ1v) is 11.4. The maximum absolute atomic E-state index is 13.9. The van der Waals surface area contributed by atoms with Gasteiger partial charge in [0.15, 0.2) is 15.6 Å². The van der Waals surface area contributed by atoms with E-state index in [1.54, 1.807) is 0 Å². The van der Waals surface area contributed by atoms with Crippen molar-refractivity contribution in [3.8, 4) is 0 Å². The first-order chi connectivity index (χ1) is 14.0. The minimum absolute atomic E-state index is 0. The largest absolute Gasteiger partial charge is 0.319 e. The number of amides is 1. The zero-order chi connectivity index (χ0) is 22.2. The van der Waals surface area contributed by atoms with Crippen LogP contribution in [0.5, 0.6) is 0 Å². The molecule has 1 atom stereocenters. The number of hydrogen-bond acceptors (Lipinski definition) is 5. The Hall–Kier alpha value is -2.00. The van der Waals surface area contributed by atoms with E-state index < -0.39 is 33.4 Å². The van der Waals surface area contributed by atoms with Gasteiger partial charge in [-0.15, -0.1) is 12.4 Å². The van der Waals surface area contributed by atoms with Crippen molar-refractivity contribution in [2.24, 2.45) is 11.7 Å². The summed E-state index contributed by atoms with van der Waals surface area (Å²) < 4.78 is 39.5. The van der Waals surface area contributed by atoms with Gasteiger partial charge in [-0.25, -0.2) is 12.8 Å². The van der Waals surface area contributed by atoms with E-state index in [2.05, 4.69) is 0 Å². The topological polar surface area (TPSA) is 97.5 Å². The summed E-state index contributed by atoms with van der Waals surface area (Å²) in [6.45, 7) is 3.68. The molecule has 0 saturated carbocycles. The van der Waals surface area contributed by atoms with Gasteiger partial charge in [-0.05, 0) is 41.8 Å². The van der Waals surface area contributed by atoms with Crippen molar-refractivity contribution >= 4 is 51.2 Å². The van der Waals surface area contributed by atoms with Crippen molar-refractivity contribution in [2.75, 3.05) is 10.7 Å². The summed E-state index contributed by atoms with van der Waals surface area (Å²) in [4.78, 5) is 26.6. The zero-order valence-corrected chi connectivity index (χ0v) is 19.4. The molecule has 10 heteroatoms. The second-order valence-electron chi connectivity index (χ2n) is 7.76. The predicted octanol–water partition coefficient (Wildman–Crippen LogP) is 3.78. The number of hydrogen-bond donors (Lipinski definition) is 1. The lowest BCUT2D eigenvalue weighted by atomic mass is 10.0. The average Bonchev–Trinajstić information content (AvgIpc) is 2.72. The number of nitrogens with zero attached hydrogens (tertiary/aromatic N) is 1. The molecular formula is C21H23Cl2FN2O4S. The Morgan fingerprint density at radius 1 is 1.26 bits per heavy atom. The quantitative estimate of drug-likeness (QED) is 0.645. The van der Waals surface area contributed by atoms with E-state index in [0.717, 1.165) is 0 Å². The average molecular weight is 489 g/mol. The number of nitrogens with two attached hydrogens (primary N) is 1. The smallest absolute Gasteiger partial charge is 0.245 e. The zero-order valence-electron chi connectivity index (χ0n) is 17.0. The van der Waals surface area contributed by atoms with Crippen LogP contribution in [0.4, 0.5) is 10.1 Å². The first-order valence-electron chi connectivity index (χ1n) is 9.40. The fourth-order valence-corrected chi connectivity index (χ4v) is 5.03. The van der Waals surface area contributed by atoms with E-state index in [0.29, 0.717) is 11.1 Å². The van der Waals surface area contributed by atoms with Crippen LogP contribution in [-0.4, -0.2) is 31.9 Å². The predicted molar refractivity (Wildman–Crippen MR) is 120 cm³/mol. The lowest BCUT2D eigenvalue weighted by Gasteiger charge is -2.24. The molecule has 3 rings (SSSR count). The molecule has 2 aromatic carbocycles. The molecule has 2 aromatic rings. The van der Waals surface area contributed by atoms with E-state index in [1.165, 1.54) is 41.3 Å². The van der Waals surface area contributed by atoms with Crippen molar-refractivity contribution < 1.29 is 22.4 Å². The fraction of sp³-hybridized carbons (Fsp3) is 0.333. The number of carbonyl (C=O) groups excluding carboxylic acids is 2. The number of benzene rings is 2. The number of sulfone groups is 1. The van der Waals surface area contributed by atoms with Crippen LogP contribution in [0.1, 0.15) is 36.2 Å². The number of Topliss-reactive ketones (excluding diaryl/α,β-unsaturated/α-hetero) is 1. The van der Waals surface area contributed by atoms with Crippen molar-refractivity contribution in [1.29, 1.82) is 0 Å². The van der Waals surface area contributed by atoms with Gasteiger partial charge in [-0.3, -0.25) is 9.59 Å². The van der Waals surface area contributed by atoms with Crippen molar-refractivity contribution in [3.05, 3.63) is 58.4 Å². The summed E-state index contributed by atoms with van der Waals surface area (Å²) in [6, 6.07) is 6.97. The van der Waals surface area contributed by atoms with Crippen LogP contribution in [0.2, 0.25) is 5.02 Å². The maximum Gasteiger partial charge on any atom is 0.245 e. The normalized spacial score (nSPS) is 17.7. The highest BCUT2D eigenvalue weighted by atomic mass is 35.5. The number of rotatable bonds is 5. The van der Waals surface area contributed by atoms with Crippen LogP contribution in [0.25, 0.3) is 0 Å². The Kier molecular flexibility index (Phi) is 7.86. The van der Waals surface area contributed by atoms with Crippen molar-refractivity contribution in [3.63, 3.8) is 0 Å². The number of anilines is 1. The van der Waals surface area contributed by atoms with Crippen LogP contribution >= 0.6 is 24.0 Å². The lowest BCUT2D eigenvalue weighted by molar-refractivity contribution is -0.119. The van der Waals surface area contributed by atoms with Crippen molar-refractivity contribution in [2.45, 2.75) is 37.8 Å². The van der Waals surface area contributed by atoms with E-state index in [1.807, 2.05) is 13.8 Å². The fourth-order valence-electron chi connectivity index (χ4n) is 3.35. The van der Waals surface area contributed by atoms with Gasteiger partial charge in [0.2, 0.25) is 5.91 Å². The summed E-state index contributed by atoms with van der Waals surface area (Å²) in [5.74, 6) is -1.88. The molecule has 31 heavy (non-hydrogen) atoms. The molecule has 0 aliphatic carbocycles. The Balaban J connectivity index is 0.00000341. The molecule has 1 aliphatic heterocycles. The van der Waals surface area contributed by atoms with Gasteiger partial charge in [-0.1, -0.05) is 31.5 Å². The van der Waals surface area contributed by atoms with E-state index in [-0.39, 0.29) is 52.7 Å². The molecule has 0 radical (unpaired) electrons. The van der Waals surface area contributed by atoms with E-state index in [4.69, 9.17) is 17.3 Å². The maximum atomic E-state index is 13.9. The van der Waals surface area contributed by atoms with Gasteiger partial charge in [0, 0.05) is 12.0 Å². The van der Waals surface area contributed by atoms with Crippen LogP contribution in [0.15, 0.2) is 41.3 Å². The van der Waals surface area contributed by atoms with Crippen LogP contribution in [0, 0.1) is 11.7 Å². The first kappa shape index (κ1) is 25.3. The third-order valence-corrected chi connectivity index (χ3v) is 6.93. The van der Waals surface area contributed by atoms with Crippen LogP contribution in [-0.2, 0) is 21.2 Å². The van der Waals surface area contributed by atoms with Gasteiger partial charge in [0.1, 0.15) is 5.82 Å². The number of halogens is 3. The molecular weight excluding hydrogens is 466 g/mol. The Morgan fingerprint density at radius 3 is 2.55 bits per heavy atom. The minimum Gasteiger partial charge on any atom is -0.319 e. The summed E-state index contributed by atoms with van der Waals surface area (Å²) in [5.41, 5.74) is 6.63. The monoisotopic (exact) mass is 488 g/mol. The standard InChI is InChI=1S/C21H22ClFN2O4S.ClH/c1-12(2)7-19(26)14-4-6-20-18(9-14)25(21(27)17(24)11-30(20,28)29)10-13-3-5-15(22)16(23)8-13;/h3-6,8-9,12,17H,7,10-11,24H2,1-2H3;1H/t17-;/m0./s1. The third-order valence-electron chi connectivity index (χ3n) is 4.81. The summed E-state index contributed by atoms with van der Waals surface area (Å²) in [5, 5.41) is -0.0674.